The summed E-state index contributed by atoms with van der Waals surface area (Å²) < 4.78 is 38.8. The molecule has 0 fully saturated rings. The molecule has 5 nitrogen and oxygen atoms in total. The molecule has 0 aromatic heterocycles. The Morgan fingerprint density at radius 3 is 2.62 bits per heavy atom. The summed E-state index contributed by atoms with van der Waals surface area (Å²) in [6, 6.07) is 9.32. The number of benzene rings is 2. The third-order valence-corrected chi connectivity index (χ3v) is 4.92. The van der Waals surface area contributed by atoms with Crippen LogP contribution in [0.3, 0.4) is 0 Å². The first kappa shape index (κ1) is 23.1. The van der Waals surface area contributed by atoms with Crippen LogP contribution in [0.2, 0.25) is 0 Å². The third-order valence-electron chi connectivity index (χ3n) is 4.66. The molecule has 1 heterocycles. The summed E-state index contributed by atoms with van der Waals surface area (Å²) in [5.74, 6) is -0.665. The SMILES string of the molecule is C=N/C=C1/C=C(c2cc(NC(=O)c3cccc(C(F)(F)F)c3)ccc2C)N=C(Cl)/C1=N/C. The van der Waals surface area contributed by atoms with Gasteiger partial charge in [0.1, 0.15) is 5.71 Å². The van der Waals surface area contributed by atoms with Gasteiger partial charge in [0.15, 0.2) is 5.17 Å². The minimum Gasteiger partial charge on any atom is -0.322 e. The largest absolute Gasteiger partial charge is 0.416 e. The van der Waals surface area contributed by atoms with Crippen LogP contribution in [0.25, 0.3) is 5.70 Å². The van der Waals surface area contributed by atoms with Crippen LogP contribution in [0.15, 0.2) is 75.3 Å². The Morgan fingerprint density at radius 2 is 1.97 bits per heavy atom. The van der Waals surface area contributed by atoms with Gasteiger partial charge in [-0.2, -0.15) is 13.2 Å². The van der Waals surface area contributed by atoms with Gasteiger partial charge < -0.3 is 5.32 Å². The molecular weight excluding hydrogens is 441 g/mol. The van der Waals surface area contributed by atoms with Gasteiger partial charge in [0.2, 0.25) is 0 Å². The number of aryl methyl sites for hydroxylation is 1. The number of allylic oxidation sites excluding steroid dienone is 2. The Labute approximate surface area is 187 Å². The normalized spacial score (nSPS) is 16.6. The van der Waals surface area contributed by atoms with E-state index in [2.05, 4.69) is 27.0 Å². The maximum atomic E-state index is 12.9. The lowest BCUT2D eigenvalue weighted by atomic mass is 9.99. The van der Waals surface area contributed by atoms with Gasteiger partial charge in [-0.15, -0.1) is 0 Å². The highest BCUT2D eigenvalue weighted by atomic mass is 35.5. The number of nitrogens with zero attached hydrogens (tertiary/aromatic N) is 3. The van der Waals surface area contributed by atoms with Crippen molar-refractivity contribution in [3.05, 3.63) is 82.6 Å². The van der Waals surface area contributed by atoms with Gasteiger partial charge in [-0.1, -0.05) is 23.7 Å². The average Bonchev–Trinajstić information content (AvgIpc) is 2.74. The molecule has 2 aromatic rings. The number of hydrogen-bond acceptors (Lipinski definition) is 4. The lowest BCUT2D eigenvalue weighted by molar-refractivity contribution is -0.137. The second-order valence-corrected chi connectivity index (χ2v) is 7.19. The molecule has 1 N–H and O–H groups in total. The molecule has 1 aliphatic heterocycles. The third kappa shape index (κ3) is 5.03. The van der Waals surface area contributed by atoms with Gasteiger partial charge in [0, 0.05) is 35.6 Å². The maximum absolute atomic E-state index is 12.9. The topological polar surface area (TPSA) is 66.2 Å². The van der Waals surface area contributed by atoms with Crippen molar-refractivity contribution < 1.29 is 18.0 Å². The molecule has 0 saturated carbocycles. The maximum Gasteiger partial charge on any atom is 0.416 e. The highest BCUT2D eigenvalue weighted by Crippen LogP contribution is 2.31. The smallest absolute Gasteiger partial charge is 0.322 e. The highest BCUT2D eigenvalue weighted by Gasteiger charge is 2.31. The first-order chi connectivity index (χ1) is 15.1. The number of rotatable bonds is 4. The molecule has 3 rings (SSSR count). The molecule has 0 aliphatic carbocycles. The monoisotopic (exact) mass is 458 g/mol. The molecule has 0 unspecified atom stereocenters. The van der Waals surface area contributed by atoms with Crippen LogP contribution in [-0.4, -0.2) is 30.6 Å². The van der Waals surface area contributed by atoms with Crippen molar-refractivity contribution in [2.24, 2.45) is 15.0 Å². The Morgan fingerprint density at radius 1 is 1.22 bits per heavy atom. The van der Waals surface area contributed by atoms with Crippen LogP contribution >= 0.6 is 11.6 Å². The van der Waals surface area contributed by atoms with Crippen molar-refractivity contribution in [2.75, 3.05) is 12.4 Å². The molecule has 0 saturated heterocycles. The molecule has 0 spiro atoms. The average molecular weight is 459 g/mol. The second kappa shape index (κ2) is 9.32. The van der Waals surface area contributed by atoms with Crippen LogP contribution in [0.5, 0.6) is 0 Å². The fraction of sp³-hybridized carbons (Fsp3) is 0.130. The van der Waals surface area contributed by atoms with E-state index >= 15 is 0 Å². The van der Waals surface area contributed by atoms with E-state index in [0.29, 0.717) is 28.2 Å². The second-order valence-electron chi connectivity index (χ2n) is 6.83. The molecule has 2 aromatic carbocycles. The lowest BCUT2D eigenvalue weighted by Crippen LogP contribution is -2.15. The standard InChI is InChI=1S/C23H18ClF3N4O/c1-13-7-8-17(30-22(32)14-5-4-6-16(9-14)23(25,26)27)11-18(13)19-10-15(12-28-2)20(29-3)21(24)31-19/h4-12H,2H2,1,3H3,(H,30,32)/b15-12-,29-20+. The predicted octanol–water partition coefficient (Wildman–Crippen LogP) is 5.91. The van der Waals surface area contributed by atoms with Crippen molar-refractivity contribution in [2.45, 2.75) is 13.1 Å². The summed E-state index contributed by atoms with van der Waals surface area (Å²) in [7, 11) is 1.58. The Kier molecular flexibility index (Phi) is 6.74. The van der Waals surface area contributed by atoms with Gasteiger partial charge in [-0.25, -0.2) is 4.99 Å². The number of aliphatic imine (C=N–C) groups is 3. The fourth-order valence-corrected chi connectivity index (χ4v) is 3.38. The summed E-state index contributed by atoms with van der Waals surface area (Å²) in [6.45, 7) is 5.31. The number of halogens is 4. The van der Waals surface area contributed by atoms with E-state index in [1.807, 2.05) is 6.92 Å². The van der Waals surface area contributed by atoms with Gasteiger partial charge in [0.05, 0.1) is 11.3 Å². The van der Waals surface area contributed by atoms with Gasteiger partial charge >= 0.3 is 6.18 Å². The van der Waals surface area contributed by atoms with E-state index in [-0.39, 0.29) is 10.7 Å². The Hall–Kier alpha value is -3.52. The molecule has 9 heteroatoms. The van der Waals surface area contributed by atoms with Gasteiger partial charge in [-0.05, 0) is 55.6 Å². The number of hydrogen-bond donors (Lipinski definition) is 1. The number of alkyl halides is 3. The number of carbonyl (C=O) groups excluding carboxylic acids is 1. The first-order valence-electron chi connectivity index (χ1n) is 9.33. The van der Waals surface area contributed by atoms with E-state index in [9.17, 15) is 18.0 Å². The molecule has 1 aliphatic rings. The summed E-state index contributed by atoms with van der Waals surface area (Å²) in [4.78, 5) is 24.8. The molecule has 32 heavy (non-hydrogen) atoms. The first-order valence-corrected chi connectivity index (χ1v) is 9.71. The minimum absolute atomic E-state index is 0.106. The van der Waals surface area contributed by atoms with Crippen molar-refractivity contribution in [1.29, 1.82) is 0 Å². The van der Waals surface area contributed by atoms with Crippen LogP contribution in [0.1, 0.15) is 27.0 Å². The number of nitrogens with one attached hydrogen (secondary N) is 1. The van der Waals surface area contributed by atoms with Crippen LogP contribution in [0, 0.1) is 6.92 Å². The number of anilines is 1. The summed E-state index contributed by atoms with van der Waals surface area (Å²) in [6.07, 6.45) is -1.29. The van der Waals surface area contributed by atoms with Crippen LogP contribution in [-0.2, 0) is 6.18 Å². The van der Waals surface area contributed by atoms with E-state index in [4.69, 9.17) is 11.6 Å². The summed E-state index contributed by atoms with van der Waals surface area (Å²) >= 11 is 6.28. The van der Waals surface area contributed by atoms with E-state index < -0.39 is 17.6 Å². The number of amides is 1. The number of carbonyl (C=O) groups is 1. The van der Waals surface area contributed by atoms with Crippen molar-refractivity contribution in [3.63, 3.8) is 0 Å². The van der Waals surface area contributed by atoms with Crippen molar-refractivity contribution in [1.82, 2.24) is 0 Å². The summed E-state index contributed by atoms with van der Waals surface area (Å²) in [5.41, 5.74) is 2.53. The van der Waals surface area contributed by atoms with E-state index in [1.165, 1.54) is 18.3 Å². The molecular formula is C23H18ClF3N4O. The molecule has 0 bridgehead atoms. The highest BCUT2D eigenvalue weighted by molar-refractivity contribution is 6.86. The quantitative estimate of drug-likeness (QED) is 0.568. The zero-order valence-electron chi connectivity index (χ0n) is 17.2. The van der Waals surface area contributed by atoms with E-state index in [0.717, 1.165) is 17.7 Å². The summed E-state index contributed by atoms with van der Waals surface area (Å²) in [5, 5.41) is 2.81. The van der Waals surface area contributed by atoms with E-state index in [1.54, 1.807) is 31.3 Å². The Balaban J connectivity index is 1.94. The molecule has 1 amide bonds. The molecule has 164 valence electrons. The van der Waals surface area contributed by atoms with Crippen LogP contribution < -0.4 is 5.32 Å². The lowest BCUT2D eigenvalue weighted by Gasteiger charge is -2.16. The fourth-order valence-electron chi connectivity index (χ4n) is 3.10. The predicted molar refractivity (Wildman–Crippen MR) is 123 cm³/mol. The van der Waals surface area contributed by atoms with Gasteiger partial charge in [0.25, 0.3) is 5.91 Å². The Bertz CT molecular complexity index is 1210. The zero-order valence-corrected chi connectivity index (χ0v) is 17.9. The zero-order chi connectivity index (χ0) is 23.5. The minimum atomic E-state index is -4.54. The van der Waals surface area contributed by atoms with Crippen LogP contribution in [0.4, 0.5) is 18.9 Å². The van der Waals surface area contributed by atoms with Crippen molar-refractivity contribution >= 4 is 46.5 Å². The van der Waals surface area contributed by atoms with Gasteiger partial charge in [-0.3, -0.25) is 14.8 Å². The molecule has 0 atom stereocenters. The molecule has 0 radical (unpaired) electrons. The van der Waals surface area contributed by atoms with Crippen molar-refractivity contribution in [3.8, 4) is 0 Å².